The molecule has 146 valence electrons. The summed E-state index contributed by atoms with van der Waals surface area (Å²) < 4.78 is 5.39. The molecule has 1 aromatic carbocycles. The van der Waals surface area contributed by atoms with E-state index in [4.69, 9.17) is 4.74 Å². The summed E-state index contributed by atoms with van der Waals surface area (Å²) in [5.41, 5.74) is 2.52. The maximum absolute atomic E-state index is 12.7. The van der Waals surface area contributed by atoms with E-state index < -0.39 is 0 Å². The van der Waals surface area contributed by atoms with Gasteiger partial charge in [-0.25, -0.2) is 0 Å². The Labute approximate surface area is 173 Å². The van der Waals surface area contributed by atoms with E-state index in [0.29, 0.717) is 13.1 Å². The summed E-state index contributed by atoms with van der Waals surface area (Å²) in [5.74, 6) is 0.992. The molecule has 1 aliphatic rings. The number of hydrogen-bond acceptors (Lipinski definition) is 4. The van der Waals surface area contributed by atoms with Gasteiger partial charge in [-0.15, -0.1) is 22.7 Å². The van der Waals surface area contributed by atoms with Gasteiger partial charge in [0.05, 0.1) is 18.5 Å². The van der Waals surface area contributed by atoms with Crippen LogP contribution in [0.3, 0.4) is 0 Å². The normalized spacial score (nSPS) is 18.5. The highest BCUT2D eigenvalue weighted by Crippen LogP contribution is 2.31. The van der Waals surface area contributed by atoms with Crippen molar-refractivity contribution >= 4 is 28.6 Å². The van der Waals surface area contributed by atoms with Gasteiger partial charge in [0, 0.05) is 23.4 Å². The smallest absolute Gasteiger partial charge is 0.275 e. The van der Waals surface area contributed by atoms with Crippen LogP contribution in [0.25, 0.3) is 0 Å². The van der Waals surface area contributed by atoms with Crippen molar-refractivity contribution < 1.29 is 14.4 Å². The quantitative estimate of drug-likeness (QED) is 0.625. The van der Waals surface area contributed by atoms with Gasteiger partial charge in [-0.1, -0.05) is 24.3 Å². The Balaban J connectivity index is 1.38. The summed E-state index contributed by atoms with van der Waals surface area (Å²) in [6, 6.07) is 14.8. The Morgan fingerprint density at radius 1 is 1.18 bits per heavy atom. The molecule has 0 saturated heterocycles. The van der Waals surface area contributed by atoms with Crippen LogP contribution in [0.1, 0.15) is 26.9 Å². The molecule has 0 aliphatic carbocycles. The molecule has 0 spiro atoms. The Kier molecular flexibility index (Phi) is 6.10. The van der Waals surface area contributed by atoms with Crippen molar-refractivity contribution in [2.24, 2.45) is 0 Å². The number of benzene rings is 1. The molecule has 0 fully saturated rings. The van der Waals surface area contributed by atoms with Crippen LogP contribution in [-0.2, 0) is 17.6 Å². The third-order valence-electron chi connectivity index (χ3n) is 5.30. The number of fused-ring (bicyclic) bond motifs is 1. The number of rotatable bonds is 7. The van der Waals surface area contributed by atoms with Gasteiger partial charge in [0.2, 0.25) is 0 Å². The fourth-order valence-electron chi connectivity index (χ4n) is 3.96. The molecule has 4 rings (SSSR count). The Morgan fingerprint density at radius 3 is 2.89 bits per heavy atom. The first kappa shape index (κ1) is 19.2. The second-order valence-corrected chi connectivity index (χ2v) is 8.97. The summed E-state index contributed by atoms with van der Waals surface area (Å²) >= 11 is 3.63. The van der Waals surface area contributed by atoms with E-state index in [9.17, 15) is 4.79 Å². The van der Waals surface area contributed by atoms with Gasteiger partial charge in [-0.05, 0) is 40.9 Å². The number of thiophene rings is 2. The predicted molar refractivity (Wildman–Crippen MR) is 115 cm³/mol. The van der Waals surface area contributed by atoms with Gasteiger partial charge in [0.25, 0.3) is 5.91 Å². The average molecular weight is 414 g/mol. The lowest BCUT2D eigenvalue weighted by molar-refractivity contribution is -0.919. The molecule has 0 bridgehead atoms. The predicted octanol–water partition coefficient (Wildman–Crippen LogP) is 2.71. The molecule has 2 atom stereocenters. The molecule has 1 amide bonds. The van der Waals surface area contributed by atoms with E-state index in [2.05, 4.69) is 34.3 Å². The molecular weight excluding hydrogens is 388 g/mol. The fraction of sp³-hybridized carbons (Fsp3) is 0.318. The van der Waals surface area contributed by atoms with Crippen LogP contribution in [0, 0.1) is 0 Å². The van der Waals surface area contributed by atoms with Crippen molar-refractivity contribution in [1.29, 1.82) is 0 Å². The standard InChI is InChI=1S/C22H24N2O2S2/c1-26-18-6-3-2-5-16(18)8-11-23-21(25)15-24-12-9-19-17(10-14-28-19)22(24)20-7-4-13-27-20/h2-7,10,13-14,22H,8-9,11-12,15H2,1H3,(H,23,25)/p+1/t22-/m1/s1. The number of ether oxygens (including phenoxy) is 1. The van der Waals surface area contributed by atoms with E-state index in [0.717, 1.165) is 30.7 Å². The minimum Gasteiger partial charge on any atom is -0.496 e. The van der Waals surface area contributed by atoms with Gasteiger partial charge in [-0.3, -0.25) is 4.79 Å². The molecule has 0 radical (unpaired) electrons. The lowest BCUT2D eigenvalue weighted by atomic mass is 9.98. The molecule has 3 heterocycles. The Hall–Kier alpha value is -2.15. The molecule has 1 aliphatic heterocycles. The lowest BCUT2D eigenvalue weighted by Crippen LogP contribution is -3.14. The fourth-order valence-corrected chi connectivity index (χ4v) is 5.79. The summed E-state index contributed by atoms with van der Waals surface area (Å²) in [4.78, 5) is 16.8. The Morgan fingerprint density at radius 2 is 2.07 bits per heavy atom. The zero-order chi connectivity index (χ0) is 19.3. The number of para-hydroxylation sites is 1. The molecule has 28 heavy (non-hydrogen) atoms. The highest BCUT2D eigenvalue weighted by Gasteiger charge is 2.34. The molecule has 3 aromatic rings. The number of methoxy groups -OCH3 is 1. The molecule has 2 aromatic heterocycles. The van der Waals surface area contributed by atoms with E-state index in [1.165, 1.54) is 20.2 Å². The lowest BCUT2D eigenvalue weighted by Gasteiger charge is -2.31. The SMILES string of the molecule is COc1ccccc1CCNC(=O)C[NH+]1CCc2sccc2[C@@H]1c1cccs1. The van der Waals surface area contributed by atoms with Gasteiger partial charge in [0.1, 0.15) is 11.8 Å². The minimum atomic E-state index is 0.116. The van der Waals surface area contributed by atoms with E-state index in [-0.39, 0.29) is 11.9 Å². The second kappa shape index (κ2) is 8.90. The molecule has 4 nitrogen and oxygen atoms in total. The number of carbonyl (C=O) groups is 1. The van der Waals surface area contributed by atoms with Crippen molar-refractivity contribution in [1.82, 2.24) is 5.32 Å². The zero-order valence-electron chi connectivity index (χ0n) is 15.9. The van der Waals surface area contributed by atoms with Crippen LogP contribution in [0.15, 0.2) is 53.2 Å². The van der Waals surface area contributed by atoms with Gasteiger partial charge in [0.15, 0.2) is 6.54 Å². The maximum atomic E-state index is 12.7. The van der Waals surface area contributed by atoms with Gasteiger partial charge < -0.3 is 15.0 Å². The topological polar surface area (TPSA) is 42.8 Å². The number of amides is 1. The molecular formula is C22H25N2O2S2+. The van der Waals surface area contributed by atoms with Gasteiger partial charge in [-0.2, -0.15) is 0 Å². The Bertz CT molecular complexity index is 920. The van der Waals surface area contributed by atoms with E-state index in [1.54, 1.807) is 18.4 Å². The summed E-state index contributed by atoms with van der Waals surface area (Å²) in [5, 5.41) is 7.41. The first-order valence-corrected chi connectivity index (χ1v) is 11.3. The molecule has 0 saturated carbocycles. The summed E-state index contributed by atoms with van der Waals surface area (Å²) in [7, 11) is 1.68. The van der Waals surface area contributed by atoms with Crippen LogP contribution in [0.4, 0.5) is 0 Å². The highest BCUT2D eigenvalue weighted by atomic mass is 32.1. The highest BCUT2D eigenvalue weighted by molar-refractivity contribution is 7.10. The van der Waals surface area contributed by atoms with E-state index in [1.807, 2.05) is 35.6 Å². The van der Waals surface area contributed by atoms with Crippen LogP contribution in [0.5, 0.6) is 5.75 Å². The number of hydrogen-bond donors (Lipinski definition) is 2. The molecule has 1 unspecified atom stereocenters. The van der Waals surface area contributed by atoms with Crippen LogP contribution in [-0.4, -0.2) is 32.7 Å². The van der Waals surface area contributed by atoms with Crippen LogP contribution >= 0.6 is 22.7 Å². The maximum Gasteiger partial charge on any atom is 0.275 e. The van der Waals surface area contributed by atoms with Crippen LogP contribution in [0.2, 0.25) is 0 Å². The first-order valence-electron chi connectivity index (χ1n) is 9.59. The summed E-state index contributed by atoms with van der Waals surface area (Å²) in [6.07, 6.45) is 1.83. The number of nitrogens with one attached hydrogen (secondary N) is 2. The number of quaternary nitrogens is 1. The molecule has 6 heteroatoms. The second-order valence-electron chi connectivity index (χ2n) is 6.99. The monoisotopic (exact) mass is 413 g/mol. The van der Waals surface area contributed by atoms with Crippen molar-refractivity contribution in [3.05, 3.63) is 74.1 Å². The average Bonchev–Trinajstić information content (AvgIpc) is 3.40. The third-order valence-corrected chi connectivity index (χ3v) is 7.23. The zero-order valence-corrected chi connectivity index (χ0v) is 17.6. The third kappa shape index (κ3) is 4.14. The van der Waals surface area contributed by atoms with Crippen molar-refractivity contribution in [2.75, 3.05) is 26.7 Å². The van der Waals surface area contributed by atoms with Crippen molar-refractivity contribution in [3.63, 3.8) is 0 Å². The van der Waals surface area contributed by atoms with Crippen LogP contribution < -0.4 is 15.0 Å². The molecule has 2 N–H and O–H groups in total. The van der Waals surface area contributed by atoms with E-state index >= 15 is 0 Å². The summed E-state index contributed by atoms with van der Waals surface area (Å²) in [6.45, 7) is 2.12. The minimum absolute atomic E-state index is 0.116. The van der Waals surface area contributed by atoms with Crippen molar-refractivity contribution in [3.8, 4) is 5.75 Å². The first-order chi connectivity index (χ1) is 13.8. The van der Waals surface area contributed by atoms with Gasteiger partial charge >= 0.3 is 0 Å². The largest absolute Gasteiger partial charge is 0.496 e. The van der Waals surface area contributed by atoms with Crippen molar-refractivity contribution in [2.45, 2.75) is 18.9 Å². The number of carbonyl (C=O) groups excluding carboxylic acids is 1.